The number of hydrogen-bond acceptors (Lipinski definition) is 3. The van der Waals surface area contributed by atoms with Gasteiger partial charge in [-0.2, -0.15) is 5.10 Å². The maximum absolute atomic E-state index is 11.9. The van der Waals surface area contributed by atoms with Crippen molar-refractivity contribution < 1.29 is 4.79 Å². The molecule has 0 fully saturated rings. The third-order valence-electron chi connectivity index (χ3n) is 3.19. The molecule has 0 aliphatic rings. The summed E-state index contributed by atoms with van der Waals surface area (Å²) in [5.41, 5.74) is 0. The van der Waals surface area contributed by atoms with Crippen molar-refractivity contribution in [2.75, 3.05) is 26.2 Å². The van der Waals surface area contributed by atoms with E-state index >= 15 is 0 Å². The van der Waals surface area contributed by atoms with E-state index in [-0.39, 0.29) is 11.9 Å². The molecule has 0 unspecified atom stereocenters. The molecule has 108 valence electrons. The lowest BCUT2D eigenvalue weighted by atomic mass is 10.3. The van der Waals surface area contributed by atoms with Gasteiger partial charge in [0, 0.05) is 12.7 Å². The molecule has 1 N–H and O–H groups in total. The lowest BCUT2D eigenvalue weighted by Crippen LogP contribution is -2.34. The van der Waals surface area contributed by atoms with Crippen molar-refractivity contribution in [3.05, 3.63) is 16.9 Å². The van der Waals surface area contributed by atoms with Crippen LogP contribution in [0.15, 0.2) is 16.9 Å². The third-order valence-corrected chi connectivity index (χ3v) is 3.60. The van der Waals surface area contributed by atoms with E-state index in [0.717, 1.165) is 30.5 Å². The molecule has 1 atom stereocenters. The van der Waals surface area contributed by atoms with Crippen LogP contribution in [0, 0.1) is 0 Å². The fourth-order valence-electron chi connectivity index (χ4n) is 1.85. The van der Waals surface area contributed by atoms with Crippen molar-refractivity contribution in [1.29, 1.82) is 0 Å². The Morgan fingerprint density at radius 1 is 1.53 bits per heavy atom. The molecule has 0 bridgehead atoms. The molecule has 1 aromatic rings. The van der Waals surface area contributed by atoms with Crippen molar-refractivity contribution in [1.82, 2.24) is 20.0 Å². The summed E-state index contributed by atoms with van der Waals surface area (Å²) in [6, 6.07) is -0.278. The highest BCUT2D eigenvalue weighted by molar-refractivity contribution is 9.10. The van der Waals surface area contributed by atoms with Gasteiger partial charge in [-0.05, 0) is 48.9 Å². The first-order chi connectivity index (χ1) is 9.08. The van der Waals surface area contributed by atoms with E-state index in [0.29, 0.717) is 6.54 Å². The van der Waals surface area contributed by atoms with E-state index in [2.05, 4.69) is 45.1 Å². The summed E-state index contributed by atoms with van der Waals surface area (Å²) in [7, 11) is 0. The van der Waals surface area contributed by atoms with Crippen molar-refractivity contribution in [3.8, 4) is 0 Å². The van der Waals surface area contributed by atoms with E-state index in [1.807, 2.05) is 6.92 Å². The molecule has 6 heteroatoms. The molecule has 0 aromatic carbocycles. The Bertz CT molecular complexity index is 390. The van der Waals surface area contributed by atoms with Gasteiger partial charge in [0.2, 0.25) is 5.91 Å². The zero-order valence-corrected chi connectivity index (χ0v) is 13.5. The minimum Gasteiger partial charge on any atom is -0.354 e. The quantitative estimate of drug-likeness (QED) is 0.742. The molecular formula is C13H23BrN4O. The summed E-state index contributed by atoms with van der Waals surface area (Å²) >= 11 is 3.32. The van der Waals surface area contributed by atoms with Crippen LogP contribution < -0.4 is 5.32 Å². The summed E-state index contributed by atoms with van der Waals surface area (Å²) in [6.07, 6.45) is 4.47. The lowest BCUT2D eigenvalue weighted by molar-refractivity contribution is -0.124. The van der Waals surface area contributed by atoms with Crippen LogP contribution in [0.3, 0.4) is 0 Å². The van der Waals surface area contributed by atoms with Crippen LogP contribution in [0.5, 0.6) is 0 Å². The number of aromatic nitrogens is 2. The standard InChI is InChI=1S/C13H23BrN4O/c1-4-17(5-2)8-6-7-15-13(19)11(3)18-10-12(14)9-16-18/h9-11H,4-8H2,1-3H3,(H,15,19)/t11-/m0/s1. The monoisotopic (exact) mass is 330 g/mol. The minimum atomic E-state index is -0.278. The first kappa shape index (κ1) is 16.2. The molecule has 0 spiro atoms. The van der Waals surface area contributed by atoms with Crippen molar-refractivity contribution >= 4 is 21.8 Å². The molecule has 1 aromatic heterocycles. The molecule has 0 aliphatic carbocycles. The van der Waals surface area contributed by atoms with E-state index < -0.39 is 0 Å². The average molecular weight is 331 g/mol. The molecule has 0 aliphatic heterocycles. The number of hydrogen-bond donors (Lipinski definition) is 1. The Balaban J connectivity index is 2.27. The van der Waals surface area contributed by atoms with Gasteiger partial charge in [0.25, 0.3) is 0 Å². The minimum absolute atomic E-state index is 0.00940. The maximum Gasteiger partial charge on any atom is 0.244 e. The molecular weight excluding hydrogens is 308 g/mol. The van der Waals surface area contributed by atoms with Gasteiger partial charge in [0.05, 0.1) is 10.7 Å². The second-order valence-electron chi connectivity index (χ2n) is 4.49. The highest BCUT2D eigenvalue weighted by Gasteiger charge is 2.14. The SMILES string of the molecule is CCN(CC)CCCNC(=O)[C@H](C)n1cc(Br)cn1. The fourth-order valence-corrected chi connectivity index (χ4v) is 2.15. The van der Waals surface area contributed by atoms with Crippen LogP contribution >= 0.6 is 15.9 Å². The zero-order chi connectivity index (χ0) is 14.3. The Hall–Kier alpha value is -0.880. The molecule has 5 nitrogen and oxygen atoms in total. The lowest BCUT2D eigenvalue weighted by Gasteiger charge is -2.18. The molecule has 1 heterocycles. The van der Waals surface area contributed by atoms with Gasteiger partial charge in [-0.1, -0.05) is 13.8 Å². The second-order valence-corrected chi connectivity index (χ2v) is 5.40. The number of nitrogens with one attached hydrogen (secondary N) is 1. The van der Waals surface area contributed by atoms with Gasteiger partial charge in [0.1, 0.15) is 6.04 Å². The predicted molar refractivity (Wildman–Crippen MR) is 80.1 cm³/mol. The summed E-state index contributed by atoms with van der Waals surface area (Å²) in [5.74, 6) is 0.00940. The second kappa shape index (κ2) is 8.32. The highest BCUT2D eigenvalue weighted by Crippen LogP contribution is 2.11. The summed E-state index contributed by atoms with van der Waals surface area (Å²) < 4.78 is 2.54. The summed E-state index contributed by atoms with van der Waals surface area (Å²) in [6.45, 7) is 10.0. The molecule has 1 rings (SSSR count). The summed E-state index contributed by atoms with van der Waals surface area (Å²) in [5, 5.41) is 7.07. The van der Waals surface area contributed by atoms with Gasteiger partial charge in [-0.25, -0.2) is 0 Å². The van der Waals surface area contributed by atoms with E-state index in [9.17, 15) is 4.79 Å². The first-order valence-corrected chi connectivity index (χ1v) is 7.57. The number of nitrogens with zero attached hydrogens (tertiary/aromatic N) is 3. The normalized spacial score (nSPS) is 12.7. The zero-order valence-electron chi connectivity index (χ0n) is 11.9. The number of carbonyl (C=O) groups is 1. The largest absolute Gasteiger partial charge is 0.354 e. The van der Waals surface area contributed by atoms with Gasteiger partial charge in [0.15, 0.2) is 0 Å². The van der Waals surface area contributed by atoms with E-state index in [1.54, 1.807) is 17.1 Å². The molecule has 0 saturated heterocycles. The summed E-state index contributed by atoms with van der Waals surface area (Å²) in [4.78, 5) is 14.3. The molecule has 1 amide bonds. The molecule has 19 heavy (non-hydrogen) atoms. The van der Waals surface area contributed by atoms with E-state index in [4.69, 9.17) is 0 Å². The van der Waals surface area contributed by atoms with Crippen LogP contribution in [0.1, 0.15) is 33.2 Å². The van der Waals surface area contributed by atoms with Crippen molar-refractivity contribution in [2.24, 2.45) is 0 Å². The van der Waals surface area contributed by atoms with Gasteiger partial charge in [-0.3, -0.25) is 9.48 Å². The Labute approximate surface area is 123 Å². The van der Waals surface area contributed by atoms with Crippen LogP contribution in [0.2, 0.25) is 0 Å². The molecule has 0 radical (unpaired) electrons. The highest BCUT2D eigenvalue weighted by atomic mass is 79.9. The van der Waals surface area contributed by atoms with Crippen LogP contribution in [0.4, 0.5) is 0 Å². The van der Waals surface area contributed by atoms with Gasteiger partial charge >= 0.3 is 0 Å². The number of amides is 1. The smallest absolute Gasteiger partial charge is 0.244 e. The first-order valence-electron chi connectivity index (χ1n) is 6.78. The average Bonchev–Trinajstić information content (AvgIpc) is 2.84. The van der Waals surface area contributed by atoms with Gasteiger partial charge in [-0.15, -0.1) is 0 Å². The van der Waals surface area contributed by atoms with E-state index in [1.165, 1.54) is 0 Å². The maximum atomic E-state index is 11.9. The number of carbonyl (C=O) groups excluding carboxylic acids is 1. The van der Waals surface area contributed by atoms with Crippen molar-refractivity contribution in [3.63, 3.8) is 0 Å². The fraction of sp³-hybridized carbons (Fsp3) is 0.692. The number of halogens is 1. The number of rotatable bonds is 8. The van der Waals surface area contributed by atoms with Crippen LogP contribution in [-0.2, 0) is 4.79 Å². The third kappa shape index (κ3) is 5.32. The van der Waals surface area contributed by atoms with Crippen molar-refractivity contribution in [2.45, 2.75) is 33.2 Å². The van der Waals surface area contributed by atoms with Crippen LogP contribution in [0.25, 0.3) is 0 Å². The predicted octanol–water partition coefficient (Wildman–Crippen LogP) is 2.05. The van der Waals surface area contributed by atoms with Gasteiger partial charge < -0.3 is 10.2 Å². The Morgan fingerprint density at radius 3 is 2.74 bits per heavy atom. The topological polar surface area (TPSA) is 50.2 Å². The Morgan fingerprint density at radius 2 is 2.21 bits per heavy atom. The Kier molecular flexibility index (Phi) is 7.09. The van der Waals surface area contributed by atoms with Crippen LogP contribution in [-0.4, -0.2) is 46.8 Å². The molecule has 0 saturated carbocycles.